The fourth-order valence-electron chi connectivity index (χ4n) is 3.66. The maximum absolute atomic E-state index is 12.5. The average molecular weight is 380 g/mol. The molecule has 28 heavy (non-hydrogen) atoms. The second-order valence-corrected chi connectivity index (χ2v) is 7.63. The van der Waals surface area contributed by atoms with E-state index in [1.807, 2.05) is 54.6 Å². The Morgan fingerprint density at radius 2 is 1.68 bits per heavy atom. The lowest BCUT2D eigenvalue weighted by Crippen LogP contribution is -2.43. The van der Waals surface area contributed by atoms with Crippen molar-refractivity contribution in [2.24, 2.45) is 5.92 Å². The Morgan fingerprint density at radius 3 is 2.36 bits per heavy atom. The number of rotatable bonds is 5. The molecule has 2 unspecified atom stereocenters. The van der Waals surface area contributed by atoms with Gasteiger partial charge in [0.25, 0.3) is 0 Å². The molecule has 1 saturated carbocycles. The van der Waals surface area contributed by atoms with Crippen LogP contribution in [0.1, 0.15) is 38.2 Å². The Balaban J connectivity index is 1.51. The summed E-state index contributed by atoms with van der Waals surface area (Å²) < 4.78 is 0. The normalized spacial score (nSPS) is 18.9. The first-order chi connectivity index (χ1) is 13.5. The van der Waals surface area contributed by atoms with Crippen LogP contribution in [0.3, 0.4) is 0 Å². The Labute approximate surface area is 167 Å². The molecule has 5 heteroatoms. The first kappa shape index (κ1) is 19.9. The molecule has 0 spiro atoms. The van der Waals surface area contributed by atoms with Gasteiger partial charge in [0, 0.05) is 24.5 Å². The Hall–Kier alpha value is -2.82. The lowest BCUT2D eigenvalue weighted by molar-refractivity contribution is -0.117. The van der Waals surface area contributed by atoms with Crippen molar-refractivity contribution in [3.63, 3.8) is 0 Å². The van der Waals surface area contributed by atoms with E-state index < -0.39 is 0 Å². The van der Waals surface area contributed by atoms with Gasteiger partial charge in [-0.3, -0.25) is 4.79 Å². The highest BCUT2D eigenvalue weighted by Gasteiger charge is 2.22. The molecule has 148 valence electrons. The number of likely N-dealkylation sites (N-methyl/N-ethyl adjacent to an activating group) is 1. The second kappa shape index (κ2) is 9.40. The summed E-state index contributed by atoms with van der Waals surface area (Å²) in [7, 11) is 1.78. The third kappa shape index (κ3) is 5.35. The van der Waals surface area contributed by atoms with Gasteiger partial charge in [-0.25, -0.2) is 4.79 Å². The highest BCUT2D eigenvalue weighted by molar-refractivity contribution is 5.94. The fraction of sp³-hybridized carbons (Fsp3) is 0.391. The summed E-state index contributed by atoms with van der Waals surface area (Å²) in [6.45, 7) is 2.20. The largest absolute Gasteiger partial charge is 0.335 e. The van der Waals surface area contributed by atoms with E-state index in [2.05, 4.69) is 17.6 Å². The minimum atomic E-state index is -0.161. The summed E-state index contributed by atoms with van der Waals surface area (Å²) in [5.74, 6) is 0.547. The van der Waals surface area contributed by atoms with Crippen LogP contribution in [-0.2, 0) is 11.2 Å². The van der Waals surface area contributed by atoms with Crippen molar-refractivity contribution < 1.29 is 9.59 Å². The lowest BCUT2D eigenvalue weighted by atomic mass is 9.86. The number of anilines is 2. The second-order valence-electron chi connectivity index (χ2n) is 7.63. The van der Waals surface area contributed by atoms with Gasteiger partial charge >= 0.3 is 6.03 Å². The maximum atomic E-state index is 12.5. The monoisotopic (exact) mass is 379 g/mol. The molecule has 0 aromatic heterocycles. The van der Waals surface area contributed by atoms with Crippen molar-refractivity contribution in [3.05, 3.63) is 60.2 Å². The zero-order valence-electron chi connectivity index (χ0n) is 16.7. The predicted octanol–water partition coefficient (Wildman–Crippen LogP) is 4.59. The number of urea groups is 1. The number of benzene rings is 2. The average Bonchev–Trinajstić information content (AvgIpc) is 2.71. The number of amides is 3. The summed E-state index contributed by atoms with van der Waals surface area (Å²) in [5, 5.41) is 5.98. The van der Waals surface area contributed by atoms with E-state index >= 15 is 0 Å². The van der Waals surface area contributed by atoms with Gasteiger partial charge in [0.15, 0.2) is 0 Å². The zero-order valence-corrected chi connectivity index (χ0v) is 16.7. The Bertz CT molecular complexity index is 789. The molecular formula is C23H29N3O2. The highest BCUT2D eigenvalue weighted by Crippen LogP contribution is 2.23. The van der Waals surface area contributed by atoms with Crippen molar-refractivity contribution in [2.45, 2.75) is 45.1 Å². The summed E-state index contributed by atoms with van der Waals surface area (Å²) >= 11 is 0. The summed E-state index contributed by atoms with van der Waals surface area (Å²) in [4.78, 5) is 26.4. The first-order valence-corrected chi connectivity index (χ1v) is 10.0. The molecule has 2 N–H and O–H groups in total. The van der Waals surface area contributed by atoms with Crippen molar-refractivity contribution >= 4 is 23.3 Å². The van der Waals surface area contributed by atoms with Gasteiger partial charge in [-0.15, -0.1) is 0 Å². The van der Waals surface area contributed by atoms with E-state index in [4.69, 9.17) is 0 Å². The van der Waals surface area contributed by atoms with Gasteiger partial charge in [0.05, 0.1) is 6.42 Å². The molecule has 0 heterocycles. The first-order valence-electron chi connectivity index (χ1n) is 10.0. The summed E-state index contributed by atoms with van der Waals surface area (Å²) in [6.07, 6.45) is 4.96. The van der Waals surface area contributed by atoms with Gasteiger partial charge in [-0.05, 0) is 48.6 Å². The van der Waals surface area contributed by atoms with Crippen LogP contribution in [0, 0.1) is 5.92 Å². The van der Waals surface area contributed by atoms with Crippen molar-refractivity contribution in [1.82, 2.24) is 5.32 Å². The van der Waals surface area contributed by atoms with E-state index in [1.165, 1.54) is 19.3 Å². The van der Waals surface area contributed by atoms with Gasteiger partial charge in [-0.1, -0.05) is 50.1 Å². The smallest absolute Gasteiger partial charge is 0.319 e. The van der Waals surface area contributed by atoms with Crippen molar-refractivity contribution in [2.75, 3.05) is 17.3 Å². The molecule has 1 aliphatic rings. The number of hydrogen-bond acceptors (Lipinski definition) is 2. The number of hydrogen-bond donors (Lipinski definition) is 2. The van der Waals surface area contributed by atoms with Crippen LogP contribution in [0.2, 0.25) is 0 Å². The molecule has 3 amide bonds. The number of carbonyl (C=O) groups excluding carboxylic acids is 2. The molecule has 2 aromatic carbocycles. The van der Waals surface area contributed by atoms with Crippen LogP contribution in [0.5, 0.6) is 0 Å². The van der Waals surface area contributed by atoms with E-state index in [1.54, 1.807) is 11.9 Å². The van der Waals surface area contributed by atoms with Gasteiger partial charge < -0.3 is 15.5 Å². The molecule has 0 radical (unpaired) electrons. The van der Waals surface area contributed by atoms with Crippen molar-refractivity contribution in [3.8, 4) is 0 Å². The number of nitrogens with one attached hydrogen (secondary N) is 2. The number of para-hydroxylation sites is 1. The lowest BCUT2D eigenvalue weighted by Gasteiger charge is -2.29. The SMILES string of the molecule is CC1CCCCC1NC(=O)Nc1ccc(CC(=O)N(C)c2ccccc2)cc1. The van der Waals surface area contributed by atoms with E-state index in [0.29, 0.717) is 12.3 Å². The maximum Gasteiger partial charge on any atom is 0.319 e. The van der Waals surface area contributed by atoms with Gasteiger partial charge in [0.1, 0.15) is 0 Å². The molecule has 0 aliphatic heterocycles. The quantitative estimate of drug-likeness (QED) is 0.798. The molecule has 2 atom stereocenters. The van der Waals surface area contributed by atoms with Crippen LogP contribution in [-0.4, -0.2) is 25.0 Å². The third-order valence-electron chi connectivity index (χ3n) is 5.51. The van der Waals surface area contributed by atoms with Crippen LogP contribution in [0.25, 0.3) is 0 Å². The molecule has 2 aromatic rings. The highest BCUT2D eigenvalue weighted by atomic mass is 16.2. The van der Waals surface area contributed by atoms with Crippen molar-refractivity contribution in [1.29, 1.82) is 0 Å². The van der Waals surface area contributed by atoms with Crippen LogP contribution >= 0.6 is 0 Å². The molecule has 3 rings (SSSR count). The molecule has 0 bridgehead atoms. The molecule has 5 nitrogen and oxygen atoms in total. The zero-order chi connectivity index (χ0) is 19.9. The minimum Gasteiger partial charge on any atom is -0.335 e. The molecular weight excluding hydrogens is 350 g/mol. The molecule has 0 saturated heterocycles. The Morgan fingerprint density at radius 1 is 1.00 bits per heavy atom. The third-order valence-corrected chi connectivity index (χ3v) is 5.51. The number of nitrogens with zero attached hydrogens (tertiary/aromatic N) is 1. The van der Waals surface area contributed by atoms with Crippen LogP contribution in [0.4, 0.5) is 16.2 Å². The van der Waals surface area contributed by atoms with Crippen LogP contribution in [0.15, 0.2) is 54.6 Å². The standard InChI is InChI=1S/C23H29N3O2/c1-17-8-6-7-11-21(17)25-23(28)24-19-14-12-18(13-15-19)16-22(27)26(2)20-9-4-3-5-10-20/h3-5,9-10,12-15,17,21H,6-8,11,16H2,1-2H3,(H2,24,25,28). The number of carbonyl (C=O) groups is 2. The van der Waals surface area contributed by atoms with Gasteiger partial charge in [-0.2, -0.15) is 0 Å². The molecule has 1 aliphatic carbocycles. The van der Waals surface area contributed by atoms with E-state index in [9.17, 15) is 9.59 Å². The minimum absolute atomic E-state index is 0.0240. The fourth-order valence-corrected chi connectivity index (χ4v) is 3.66. The Kier molecular flexibility index (Phi) is 6.69. The van der Waals surface area contributed by atoms with Crippen LogP contribution < -0.4 is 15.5 Å². The molecule has 1 fully saturated rings. The topological polar surface area (TPSA) is 61.4 Å². The van der Waals surface area contributed by atoms with Gasteiger partial charge in [0.2, 0.25) is 5.91 Å². The predicted molar refractivity (Wildman–Crippen MR) is 114 cm³/mol. The summed E-state index contributed by atoms with van der Waals surface area (Å²) in [6, 6.07) is 17.1. The summed E-state index contributed by atoms with van der Waals surface area (Å²) in [5.41, 5.74) is 2.52. The van der Waals surface area contributed by atoms with E-state index in [0.717, 1.165) is 23.4 Å². The van der Waals surface area contributed by atoms with E-state index in [-0.39, 0.29) is 18.0 Å².